The number of rotatable bonds is 7. The van der Waals surface area contributed by atoms with Gasteiger partial charge in [0.25, 0.3) is 0 Å². The van der Waals surface area contributed by atoms with Gasteiger partial charge in [0.1, 0.15) is 9.96 Å². The van der Waals surface area contributed by atoms with Crippen LogP contribution in [0.2, 0.25) is 0 Å². The van der Waals surface area contributed by atoms with Crippen LogP contribution >= 0.6 is 11.3 Å². The Morgan fingerprint density at radius 3 is 2.48 bits per heavy atom. The van der Waals surface area contributed by atoms with Gasteiger partial charge in [-0.1, -0.05) is 23.5 Å². The molecule has 0 amide bonds. The van der Waals surface area contributed by atoms with Gasteiger partial charge in [-0.2, -0.15) is 0 Å². The lowest BCUT2D eigenvalue weighted by Gasteiger charge is -2.05. The summed E-state index contributed by atoms with van der Waals surface area (Å²) < 4.78 is 28.1. The molecule has 23 heavy (non-hydrogen) atoms. The maximum atomic E-state index is 11.5. The Balaban J connectivity index is 2.07. The number of methoxy groups -OCH3 is 1. The average Bonchev–Trinajstić information content (AvgIpc) is 2.92. The fourth-order valence-corrected chi connectivity index (χ4v) is 3.88. The summed E-state index contributed by atoms with van der Waals surface area (Å²) in [5.74, 6) is 0.758. The third kappa shape index (κ3) is 4.42. The van der Waals surface area contributed by atoms with Crippen LogP contribution in [0, 0.1) is 10.1 Å². The van der Waals surface area contributed by atoms with Gasteiger partial charge in [0.05, 0.1) is 12.0 Å². The van der Waals surface area contributed by atoms with E-state index in [2.05, 4.69) is 5.32 Å². The third-order valence-electron chi connectivity index (χ3n) is 3.11. The lowest BCUT2D eigenvalue weighted by molar-refractivity contribution is -0.383. The second-order valence-corrected chi connectivity index (χ2v) is 8.13. The van der Waals surface area contributed by atoms with Gasteiger partial charge in [-0.25, -0.2) is 8.42 Å². The van der Waals surface area contributed by atoms with E-state index >= 15 is 0 Å². The maximum absolute atomic E-state index is 11.5. The second kappa shape index (κ2) is 6.97. The monoisotopic (exact) mass is 356 g/mol. The van der Waals surface area contributed by atoms with Crippen LogP contribution in [-0.4, -0.2) is 33.3 Å². The molecule has 0 aliphatic rings. The largest absolute Gasteiger partial charge is 0.497 e. The van der Waals surface area contributed by atoms with E-state index in [9.17, 15) is 18.5 Å². The highest BCUT2D eigenvalue weighted by Crippen LogP contribution is 2.36. The van der Waals surface area contributed by atoms with Crippen LogP contribution in [0.25, 0.3) is 0 Å². The standard InChI is InChI=1S/C14H16N2O5S2/c1-21-11-5-3-10(4-6-11)7-8-15-14-12(16(17)18)9-13(22-14)23(2,19)20/h3-6,9,15H,7-8H2,1-2H3. The zero-order valence-electron chi connectivity index (χ0n) is 12.6. The molecule has 0 atom stereocenters. The van der Waals surface area contributed by atoms with Crippen LogP contribution < -0.4 is 10.1 Å². The van der Waals surface area contributed by atoms with Crippen molar-refractivity contribution in [2.24, 2.45) is 0 Å². The van der Waals surface area contributed by atoms with Gasteiger partial charge < -0.3 is 10.1 Å². The Morgan fingerprint density at radius 1 is 1.30 bits per heavy atom. The summed E-state index contributed by atoms with van der Waals surface area (Å²) >= 11 is 0.875. The highest BCUT2D eigenvalue weighted by atomic mass is 32.2. The topological polar surface area (TPSA) is 98.5 Å². The van der Waals surface area contributed by atoms with E-state index < -0.39 is 14.8 Å². The third-order valence-corrected chi connectivity index (χ3v) is 5.99. The molecule has 0 spiro atoms. The minimum Gasteiger partial charge on any atom is -0.497 e. The van der Waals surface area contributed by atoms with Crippen molar-refractivity contribution in [1.82, 2.24) is 0 Å². The number of ether oxygens (including phenoxy) is 1. The van der Waals surface area contributed by atoms with Gasteiger partial charge >= 0.3 is 5.69 Å². The molecule has 1 N–H and O–H groups in total. The fourth-order valence-electron chi connectivity index (χ4n) is 1.92. The van der Waals surface area contributed by atoms with Crippen LogP contribution in [0.1, 0.15) is 5.56 Å². The molecular formula is C14H16N2O5S2. The van der Waals surface area contributed by atoms with Crippen molar-refractivity contribution in [3.05, 3.63) is 46.0 Å². The molecule has 1 heterocycles. The average molecular weight is 356 g/mol. The second-order valence-electron chi connectivity index (χ2n) is 4.83. The molecule has 0 radical (unpaired) electrons. The maximum Gasteiger partial charge on any atom is 0.304 e. The minimum atomic E-state index is -3.46. The SMILES string of the molecule is COc1ccc(CCNc2sc(S(C)(=O)=O)cc2[N+](=O)[O-])cc1. The molecule has 2 rings (SSSR count). The lowest BCUT2D eigenvalue weighted by atomic mass is 10.1. The van der Waals surface area contributed by atoms with Crippen molar-refractivity contribution >= 4 is 31.9 Å². The molecule has 7 nitrogen and oxygen atoms in total. The summed E-state index contributed by atoms with van der Waals surface area (Å²) in [7, 11) is -1.87. The van der Waals surface area contributed by atoms with E-state index in [-0.39, 0.29) is 14.9 Å². The smallest absolute Gasteiger partial charge is 0.304 e. The molecule has 0 saturated carbocycles. The molecule has 0 fully saturated rings. The minimum absolute atomic E-state index is 0.0175. The zero-order chi connectivity index (χ0) is 17.0. The van der Waals surface area contributed by atoms with Crippen molar-refractivity contribution in [1.29, 1.82) is 0 Å². The summed E-state index contributed by atoms with van der Waals surface area (Å²) in [6, 6.07) is 8.58. The first kappa shape index (κ1) is 17.2. The van der Waals surface area contributed by atoms with Crippen LogP contribution in [0.4, 0.5) is 10.7 Å². The van der Waals surface area contributed by atoms with Gasteiger partial charge in [-0.05, 0) is 24.1 Å². The number of hydrogen-bond donors (Lipinski definition) is 1. The van der Waals surface area contributed by atoms with Gasteiger partial charge in [-0.15, -0.1) is 0 Å². The van der Waals surface area contributed by atoms with Gasteiger partial charge in [0, 0.05) is 18.9 Å². The van der Waals surface area contributed by atoms with Gasteiger partial charge in [0.2, 0.25) is 0 Å². The van der Waals surface area contributed by atoms with E-state index in [1.54, 1.807) is 7.11 Å². The molecule has 0 bridgehead atoms. The molecular weight excluding hydrogens is 340 g/mol. The molecule has 0 aliphatic carbocycles. The molecule has 1 aromatic carbocycles. The molecule has 2 aromatic rings. The summed E-state index contributed by atoms with van der Waals surface area (Å²) in [5, 5.41) is 14.2. The number of benzene rings is 1. The Bertz CT molecular complexity index is 797. The van der Waals surface area contributed by atoms with E-state index in [0.29, 0.717) is 13.0 Å². The van der Waals surface area contributed by atoms with Crippen molar-refractivity contribution in [3.8, 4) is 5.75 Å². The molecule has 1 aromatic heterocycles. The number of anilines is 1. The van der Waals surface area contributed by atoms with Crippen molar-refractivity contribution in [3.63, 3.8) is 0 Å². The fraction of sp³-hybridized carbons (Fsp3) is 0.286. The first-order valence-corrected chi connectivity index (χ1v) is 9.37. The highest BCUT2D eigenvalue weighted by molar-refractivity contribution is 7.92. The quantitative estimate of drug-likeness (QED) is 0.605. The Hall–Kier alpha value is -2.13. The van der Waals surface area contributed by atoms with Crippen LogP contribution in [0.5, 0.6) is 5.75 Å². The van der Waals surface area contributed by atoms with Gasteiger partial charge in [-0.3, -0.25) is 10.1 Å². The molecule has 9 heteroatoms. The Morgan fingerprint density at radius 2 is 1.96 bits per heavy atom. The number of thiophene rings is 1. The van der Waals surface area contributed by atoms with Crippen molar-refractivity contribution in [2.75, 3.05) is 25.2 Å². The van der Waals surface area contributed by atoms with Crippen molar-refractivity contribution in [2.45, 2.75) is 10.6 Å². The predicted molar refractivity (Wildman–Crippen MR) is 89.3 cm³/mol. The molecule has 0 unspecified atom stereocenters. The number of nitro groups is 1. The van der Waals surface area contributed by atoms with E-state index in [4.69, 9.17) is 4.74 Å². The number of nitrogens with zero attached hydrogens (tertiary/aromatic N) is 1. The van der Waals surface area contributed by atoms with E-state index in [1.807, 2.05) is 24.3 Å². The van der Waals surface area contributed by atoms with Crippen LogP contribution in [0.3, 0.4) is 0 Å². The Labute approximate surface area is 138 Å². The highest BCUT2D eigenvalue weighted by Gasteiger charge is 2.23. The summed E-state index contributed by atoms with van der Waals surface area (Å²) in [4.78, 5) is 10.4. The van der Waals surface area contributed by atoms with Crippen molar-refractivity contribution < 1.29 is 18.1 Å². The van der Waals surface area contributed by atoms with Gasteiger partial charge in [0.15, 0.2) is 14.8 Å². The summed E-state index contributed by atoms with van der Waals surface area (Å²) in [6.45, 7) is 0.455. The van der Waals surface area contributed by atoms with E-state index in [0.717, 1.165) is 35.0 Å². The lowest BCUT2D eigenvalue weighted by Crippen LogP contribution is -2.05. The number of nitrogens with one attached hydrogen (secondary N) is 1. The van der Waals surface area contributed by atoms with Crippen LogP contribution in [-0.2, 0) is 16.3 Å². The number of hydrogen-bond acceptors (Lipinski definition) is 7. The first-order valence-electron chi connectivity index (χ1n) is 6.66. The predicted octanol–water partition coefficient (Wildman–Crippen LogP) is 2.72. The number of sulfone groups is 1. The Kier molecular flexibility index (Phi) is 5.22. The first-order chi connectivity index (χ1) is 10.8. The zero-order valence-corrected chi connectivity index (χ0v) is 14.2. The normalized spacial score (nSPS) is 11.2. The molecule has 0 aliphatic heterocycles. The summed E-state index contributed by atoms with van der Waals surface area (Å²) in [5.41, 5.74) is 0.825. The molecule has 0 saturated heterocycles. The molecule has 124 valence electrons. The van der Waals surface area contributed by atoms with Crippen LogP contribution in [0.15, 0.2) is 34.5 Å². The van der Waals surface area contributed by atoms with E-state index in [1.165, 1.54) is 0 Å². The summed E-state index contributed by atoms with van der Waals surface area (Å²) in [6.07, 6.45) is 1.68.